The summed E-state index contributed by atoms with van der Waals surface area (Å²) in [5.74, 6) is -0.337. The van der Waals surface area contributed by atoms with Gasteiger partial charge in [-0.15, -0.1) is 0 Å². The van der Waals surface area contributed by atoms with Crippen LogP contribution in [0.2, 0.25) is 10.0 Å². The smallest absolute Gasteiger partial charge is 0.129 e. The second kappa shape index (κ2) is 7.23. The Kier molecular flexibility index (Phi) is 5.59. The SMILES string of the molecule is CN(Cc1cccc(Cl)c1)C(CN)c1ccc(Cl)cc1F. The van der Waals surface area contributed by atoms with Gasteiger partial charge in [0.15, 0.2) is 0 Å². The van der Waals surface area contributed by atoms with Crippen LogP contribution in [-0.4, -0.2) is 18.5 Å². The van der Waals surface area contributed by atoms with Gasteiger partial charge in [0, 0.05) is 34.7 Å². The maximum Gasteiger partial charge on any atom is 0.129 e. The minimum absolute atomic E-state index is 0.221. The molecule has 0 amide bonds. The lowest BCUT2D eigenvalue weighted by atomic mass is 10.0. The van der Waals surface area contributed by atoms with Gasteiger partial charge in [0.25, 0.3) is 0 Å². The molecule has 0 fully saturated rings. The van der Waals surface area contributed by atoms with Crippen LogP contribution in [0.1, 0.15) is 17.2 Å². The zero-order valence-electron chi connectivity index (χ0n) is 11.7. The Bertz CT molecular complexity index is 619. The third-order valence-corrected chi connectivity index (χ3v) is 3.87. The lowest BCUT2D eigenvalue weighted by Gasteiger charge is -2.28. The highest BCUT2D eigenvalue weighted by molar-refractivity contribution is 6.30. The summed E-state index contributed by atoms with van der Waals surface area (Å²) >= 11 is 11.8. The molecule has 0 spiro atoms. The molecule has 21 heavy (non-hydrogen) atoms. The molecule has 0 heterocycles. The van der Waals surface area contributed by atoms with Crippen LogP contribution in [0.5, 0.6) is 0 Å². The molecule has 0 aliphatic heterocycles. The van der Waals surface area contributed by atoms with Crippen molar-refractivity contribution in [3.05, 3.63) is 69.5 Å². The van der Waals surface area contributed by atoms with E-state index in [-0.39, 0.29) is 11.9 Å². The number of nitrogens with zero attached hydrogens (tertiary/aromatic N) is 1. The first-order chi connectivity index (χ1) is 10.0. The molecule has 5 heteroatoms. The van der Waals surface area contributed by atoms with Gasteiger partial charge in [0.05, 0.1) is 0 Å². The number of rotatable bonds is 5. The Labute approximate surface area is 134 Å². The van der Waals surface area contributed by atoms with Crippen LogP contribution in [0.4, 0.5) is 4.39 Å². The Hall–Kier alpha value is -1.13. The summed E-state index contributed by atoms with van der Waals surface area (Å²) in [5, 5.41) is 1.06. The van der Waals surface area contributed by atoms with Crippen LogP contribution in [-0.2, 0) is 6.54 Å². The van der Waals surface area contributed by atoms with Gasteiger partial charge >= 0.3 is 0 Å². The summed E-state index contributed by atoms with van der Waals surface area (Å²) in [5.41, 5.74) is 7.43. The summed E-state index contributed by atoms with van der Waals surface area (Å²) < 4.78 is 14.1. The molecule has 1 unspecified atom stereocenters. The van der Waals surface area contributed by atoms with E-state index in [1.807, 2.05) is 36.2 Å². The van der Waals surface area contributed by atoms with Crippen LogP contribution in [0.25, 0.3) is 0 Å². The number of halogens is 3. The number of benzene rings is 2. The van der Waals surface area contributed by atoms with Crippen molar-refractivity contribution in [3.63, 3.8) is 0 Å². The lowest BCUT2D eigenvalue weighted by Crippen LogP contribution is -2.30. The van der Waals surface area contributed by atoms with Crippen molar-refractivity contribution in [2.75, 3.05) is 13.6 Å². The Balaban J connectivity index is 2.20. The molecule has 0 saturated carbocycles. The van der Waals surface area contributed by atoms with E-state index < -0.39 is 0 Å². The minimum Gasteiger partial charge on any atom is -0.329 e. The van der Waals surface area contributed by atoms with Gasteiger partial charge in [-0.1, -0.05) is 41.4 Å². The average molecular weight is 327 g/mol. The largest absolute Gasteiger partial charge is 0.329 e. The van der Waals surface area contributed by atoms with Crippen LogP contribution in [0, 0.1) is 5.82 Å². The molecular formula is C16H17Cl2FN2. The molecule has 2 aromatic rings. The highest BCUT2D eigenvalue weighted by atomic mass is 35.5. The monoisotopic (exact) mass is 326 g/mol. The Morgan fingerprint density at radius 1 is 1.14 bits per heavy atom. The summed E-state index contributed by atoms with van der Waals surface area (Å²) in [4.78, 5) is 2.00. The predicted octanol–water partition coefficient (Wildman–Crippen LogP) is 4.26. The van der Waals surface area contributed by atoms with Crippen LogP contribution in [0.15, 0.2) is 42.5 Å². The van der Waals surface area contributed by atoms with E-state index in [0.717, 1.165) is 5.56 Å². The van der Waals surface area contributed by atoms with E-state index in [1.54, 1.807) is 12.1 Å². The van der Waals surface area contributed by atoms with Crippen molar-refractivity contribution in [3.8, 4) is 0 Å². The lowest BCUT2D eigenvalue weighted by molar-refractivity contribution is 0.237. The van der Waals surface area contributed by atoms with E-state index >= 15 is 0 Å². The zero-order valence-corrected chi connectivity index (χ0v) is 13.2. The highest BCUT2D eigenvalue weighted by Gasteiger charge is 2.19. The van der Waals surface area contributed by atoms with Crippen LogP contribution < -0.4 is 5.73 Å². The molecule has 2 nitrogen and oxygen atoms in total. The van der Waals surface area contributed by atoms with Crippen molar-refractivity contribution in [2.24, 2.45) is 5.73 Å². The molecule has 2 rings (SSSR count). The van der Waals surface area contributed by atoms with Crippen molar-refractivity contribution in [1.29, 1.82) is 0 Å². The van der Waals surface area contributed by atoms with E-state index in [9.17, 15) is 4.39 Å². The van der Waals surface area contributed by atoms with Crippen molar-refractivity contribution in [2.45, 2.75) is 12.6 Å². The van der Waals surface area contributed by atoms with E-state index in [4.69, 9.17) is 28.9 Å². The molecule has 2 aromatic carbocycles. The summed E-state index contributed by atoms with van der Waals surface area (Å²) in [6.07, 6.45) is 0. The molecule has 0 aliphatic rings. The van der Waals surface area contributed by atoms with E-state index in [1.165, 1.54) is 6.07 Å². The van der Waals surface area contributed by atoms with Crippen LogP contribution >= 0.6 is 23.2 Å². The number of hydrogen-bond donors (Lipinski definition) is 1. The molecular weight excluding hydrogens is 310 g/mol. The molecule has 0 bridgehead atoms. The Morgan fingerprint density at radius 2 is 1.86 bits per heavy atom. The molecule has 0 aliphatic carbocycles. The van der Waals surface area contributed by atoms with Gasteiger partial charge in [0.1, 0.15) is 5.82 Å². The highest BCUT2D eigenvalue weighted by Crippen LogP contribution is 2.25. The molecule has 0 saturated heterocycles. The number of hydrogen-bond acceptors (Lipinski definition) is 2. The standard InChI is InChI=1S/C16H17Cl2FN2/c1-21(10-11-3-2-4-12(17)7-11)16(9-20)14-6-5-13(18)8-15(14)19/h2-8,16H,9-10,20H2,1H3. The molecule has 112 valence electrons. The van der Waals surface area contributed by atoms with Gasteiger partial charge in [-0.3, -0.25) is 4.90 Å². The third-order valence-electron chi connectivity index (χ3n) is 3.40. The maximum atomic E-state index is 14.1. The van der Waals surface area contributed by atoms with Crippen molar-refractivity contribution >= 4 is 23.2 Å². The molecule has 0 aromatic heterocycles. The summed E-state index contributed by atoms with van der Waals surface area (Å²) in [6, 6.07) is 12.0. The fourth-order valence-electron chi connectivity index (χ4n) is 2.35. The van der Waals surface area contributed by atoms with E-state index in [0.29, 0.717) is 28.7 Å². The molecule has 1 atom stereocenters. The number of nitrogens with two attached hydrogens (primary N) is 1. The number of likely N-dealkylation sites (N-methyl/N-ethyl adjacent to an activating group) is 1. The second-order valence-corrected chi connectivity index (χ2v) is 5.84. The third kappa shape index (κ3) is 4.17. The normalized spacial score (nSPS) is 12.7. The summed E-state index contributed by atoms with van der Waals surface area (Å²) in [7, 11) is 1.91. The molecule has 2 N–H and O–H groups in total. The van der Waals surface area contributed by atoms with Gasteiger partial charge < -0.3 is 5.73 Å². The van der Waals surface area contributed by atoms with Gasteiger partial charge in [0.2, 0.25) is 0 Å². The molecule has 0 radical (unpaired) electrons. The second-order valence-electron chi connectivity index (χ2n) is 4.96. The van der Waals surface area contributed by atoms with Gasteiger partial charge in [-0.05, 0) is 36.9 Å². The fourth-order valence-corrected chi connectivity index (χ4v) is 2.72. The summed E-state index contributed by atoms with van der Waals surface area (Å²) in [6.45, 7) is 0.945. The van der Waals surface area contributed by atoms with Crippen molar-refractivity contribution in [1.82, 2.24) is 4.90 Å². The maximum absolute atomic E-state index is 14.1. The Morgan fingerprint density at radius 3 is 2.48 bits per heavy atom. The van der Waals surface area contributed by atoms with Crippen molar-refractivity contribution < 1.29 is 4.39 Å². The first kappa shape index (κ1) is 16.2. The van der Waals surface area contributed by atoms with E-state index in [2.05, 4.69) is 0 Å². The zero-order chi connectivity index (χ0) is 15.4. The first-order valence-electron chi connectivity index (χ1n) is 6.61. The fraction of sp³-hybridized carbons (Fsp3) is 0.250. The average Bonchev–Trinajstić information content (AvgIpc) is 2.42. The first-order valence-corrected chi connectivity index (χ1v) is 7.36. The van der Waals surface area contributed by atoms with Crippen LogP contribution in [0.3, 0.4) is 0 Å². The van der Waals surface area contributed by atoms with Gasteiger partial charge in [-0.25, -0.2) is 4.39 Å². The topological polar surface area (TPSA) is 29.3 Å². The quantitative estimate of drug-likeness (QED) is 0.889. The van der Waals surface area contributed by atoms with Gasteiger partial charge in [-0.2, -0.15) is 0 Å². The predicted molar refractivity (Wildman–Crippen MR) is 86.1 cm³/mol. The minimum atomic E-state index is -0.337.